The van der Waals surface area contributed by atoms with Crippen molar-refractivity contribution in [2.45, 2.75) is 13.5 Å². The van der Waals surface area contributed by atoms with Crippen molar-refractivity contribution in [3.8, 4) is 22.6 Å². The van der Waals surface area contributed by atoms with Crippen LogP contribution in [0.25, 0.3) is 22.6 Å². The molecule has 2 N–H and O–H groups in total. The first-order valence-corrected chi connectivity index (χ1v) is 6.97. The number of nitrogens with zero attached hydrogens (tertiary/aromatic N) is 2. The second-order valence-electron chi connectivity index (χ2n) is 5.00. The molecule has 0 amide bonds. The number of rotatable bonds is 3. The standard InChI is InChI=1S/C18H17N3.ClH/c1-13-7-9-15(10-8-13)18-20-16(12-19)11-17(21-18)14-5-3-2-4-6-14;/h2-11H,12,19H2,1H3;1H. The van der Waals surface area contributed by atoms with Gasteiger partial charge in [0.05, 0.1) is 11.4 Å². The van der Waals surface area contributed by atoms with Crippen LogP contribution in [0.4, 0.5) is 0 Å². The van der Waals surface area contributed by atoms with Crippen LogP contribution in [0, 0.1) is 6.92 Å². The van der Waals surface area contributed by atoms with E-state index in [0.717, 1.165) is 28.3 Å². The Labute approximate surface area is 136 Å². The highest BCUT2D eigenvalue weighted by Crippen LogP contribution is 2.22. The summed E-state index contributed by atoms with van der Waals surface area (Å²) >= 11 is 0. The Hall–Kier alpha value is -2.23. The third-order valence-electron chi connectivity index (χ3n) is 3.37. The minimum atomic E-state index is 0. The molecule has 0 atom stereocenters. The van der Waals surface area contributed by atoms with E-state index < -0.39 is 0 Å². The Balaban J connectivity index is 0.00000176. The highest BCUT2D eigenvalue weighted by Gasteiger charge is 2.07. The summed E-state index contributed by atoms with van der Waals surface area (Å²) in [7, 11) is 0. The van der Waals surface area contributed by atoms with Crippen LogP contribution in [0.2, 0.25) is 0 Å². The third-order valence-corrected chi connectivity index (χ3v) is 3.37. The lowest BCUT2D eigenvalue weighted by molar-refractivity contribution is 0.972. The van der Waals surface area contributed by atoms with E-state index in [2.05, 4.69) is 29.0 Å². The molecular weight excluding hydrogens is 294 g/mol. The van der Waals surface area contributed by atoms with Gasteiger partial charge in [0.2, 0.25) is 0 Å². The first-order valence-electron chi connectivity index (χ1n) is 6.97. The molecule has 3 aromatic rings. The van der Waals surface area contributed by atoms with Crippen LogP contribution in [0.1, 0.15) is 11.3 Å². The summed E-state index contributed by atoms with van der Waals surface area (Å²) in [6.07, 6.45) is 0. The second kappa shape index (κ2) is 7.16. The molecule has 3 nitrogen and oxygen atoms in total. The predicted molar refractivity (Wildman–Crippen MR) is 92.8 cm³/mol. The van der Waals surface area contributed by atoms with Crippen molar-refractivity contribution in [1.29, 1.82) is 0 Å². The molecule has 0 spiro atoms. The van der Waals surface area contributed by atoms with E-state index in [1.54, 1.807) is 0 Å². The van der Waals surface area contributed by atoms with Gasteiger partial charge in [0.15, 0.2) is 5.82 Å². The van der Waals surface area contributed by atoms with Crippen LogP contribution in [0.3, 0.4) is 0 Å². The molecule has 1 aromatic heterocycles. The molecule has 0 saturated carbocycles. The quantitative estimate of drug-likeness (QED) is 0.795. The van der Waals surface area contributed by atoms with Crippen molar-refractivity contribution in [3.05, 3.63) is 71.9 Å². The summed E-state index contributed by atoms with van der Waals surface area (Å²) in [6, 6.07) is 20.3. The highest BCUT2D eigenvalue weighted by atomic mass is 35.5. The largest absolute Gasteiger partial charge is 0.325 e. The van der Waals surface area contributed by atoms with Crippen LogP contribution in [-0.4, -0.2) is 9.97 Å². The zero-order chi connectivity index (χ0) is 14.7. The molecule has 0 aliphatic carbocycles. The molecule has 0 radical (unpaired) electrons. The zero-order valence-electron chi connectivity index (χ0n) is 12.4. The summed E-state index contributed by atoms with van der Waals surface area (Å²) < 4.78 is 0. The fourth-order valence-electron chi connectivity index (χ4n) is 2.19. The Bertz CT molecular complexity index is 740. The summed E-state index contributed by atoms with van der Waals surface area (Å²) in [4.78, 5) is 9.23. The van der Waals surface area contributed by atoms with E-state index in [1.165, 1.54) is 5.56 Å². The van der Waals surface area contributed by atoms with E-state index in [9.17, 15) is 0 Å². The Morgan fingerprint density at radius 3 is 2.18 bits per heavy atom. The van der Waals surface area contributed by atoms with Crippen LogP contribution < -0.4 is 5.73 Å². The van der Waals surface area contributed by atoms with Crippen LogP contribution in [-0.2, 0) is 6.54 Å². The monoisotopic (exact) mass is 311 g/mol. The minimum absolute atomic E-state index is 0. The lowest BCUT2D eigenvalue weighted by Gasteiger charge is -2.08. The second-order valence-corrected chi connectivity index (χ2v) is 5.00. The van der Waals surface area contributed by atoms with Crippen molar-refractivity contribution >= 4 is 12.4 Å². The number of halogens is 1. The van der Waals surface area contributed by atoms with Gasteiger partial charge in [0, 0.05) is 17.7 Å². The lowest BCUT2D eigenvalue weighted by atomic mass is 10.1. The number of hydrogen-bond acceptors (Lipinski definition) is 3. The van der Waals surface area contributed by atoms with Gasteiger partial charge in [-0.3, -0.25) is 0 Å². The van der Waals surface area contributed by atoms with E-state index >= 15 is 0 Å². The number of benzene rings is 2. The predicted octanol–water partition coefficient (Wildman–Crippen LogP) is 4.00. The summed E-state index contributed by atoms with van der Waals surface area (Å²) in [5, 5.41) is 0. The van der Waals surface area contributed by atoms with Crippen molar-refractivity contribution in [2.75, 3.05) is 0 Å². The maximum atomic E-state index is 5.78. The SMILES string of the molecule is Cc1ccc(-c2nc(CN)cc(-c3ccccc3)n2)cc1.Cl. The molecule has 112 valence electrons. The van der Waals surface area contributed by atoms with Gasteiger partial charge in [-0.1, -0.05) is 60.2 Å². The number of aryl methyl sites for hydroxylation is 1. The molecule has 0 aliphatic heterocycles. The maximum absolute atomic E-state index is 5.78. The maximum Gasteiger partial charge on any atom is 0.160 e. The van der Waals surface area contributed by atoms with Crippen LogP contribution in [0.5, 0.6) is 0 Å². The Morgan fingerprint density at radius 2 is 1.55 bits per heavy atom. The fraction of sp³-hybridized carbons (Fsp3) is 0.111. The first-order chi connectivity index (χ1) is 10.3. The van der Waals surface area contributed by atoms with Crippen molar-refractivity contribution in [2.24, 2.45) is 5.73 Å². The molecule has 0 saturated heterocycles. The van der Waals surface area contributed by atoms with Gasteiger partial charge in [0.1, 0.15) is 0 Å². The molecular formula is C18H18ClN3. The van der Waals surface area contributed by atoms with Gasteiger partial charge in [-0.2, -0.15) is 0 Å². The molecule has 0 bridgehead atoms. The summed E-state index contributed by atoms with van der Waals surface area (Å²) in [5.41, 5.74) is 10.8. The normalized spacial score (nSPS) is 10.1. The molecule has 3 rings (SSSR count). The molecule has 1 heterocycles. The van der Waals surface area contributed by atoms with E-state index in [1.807, 2.05) is 48.5 Å². The topological polar surface area (TPSA) is 51.8 Å². The average molecular weight is 312 g/mol. The van der Waals surface area contributed by atoms with Crippen molar-refractivity contribution < 1.29 is 0 Å². The minimum Gasteiger partial charge on any atom is -0.325 e. The van der Waals surface area contributed by atoms with Crippen molar-refractivity contribution in [1.82, 2.24) is 9.97 Å². The van der Waals surface area contributed by atoms with Gasteiger partial charge in [-0.25, -0.2) is 9.97 Å². The average Bonchev–Trinajstić information content (AvgIpc) is 2.56. The van der Waals surface area contributed by atoms with Crippen molar-refractivity contribution in [3.63, 3.8) is 0 Å². The lowest BCUT2D eigenvalue weighted by Crippen LogP contribution is -2.03. The third kappa shape index (κ3) is 3.50. The number of aromatic nitrogens is 2. The Morgan fingerprint density at radius 1 is 0.864 bits per heavy atom. The summed E-state index contributed by atoms with van der Waals surface area (Å²) in [5.74, 6) is 0.719. The zero-order valence-corrected chi connectivity index (χ0v) is 13.2. The Kier molecular flexibility index (Phi) is 5.26. The molecule has 4 heteroatoms. The highest BCUT2D eigenvalue weighted by molar-refractivity contribution is 5.85. The molecule has 22 heavy (non-hydrogen) atoms. The van der Waals surface area contributed by atoms with Crippen LogP contribution >= 0.6 is 12.4 Å². The molecule has 2 aromatic carbocycles. The van der Waals surface area contributed by atoms with Crippen LogP contribution in [0.15, 0.2) is 60.7 Å². The number of nitrogens with two attached hydrogens (primary N) is 1. The molecule has 0 fully saturated rings. The van der Waals surface area contributed by atoms with Gasteiger partial charge < -0.3 is 5.73 Å². The summed E-state index contributed by atoms with van der Waals surface area (Å²) in [6.45, 7) is 2.47. The molecule has 0 aliphatic rings. The van der Waals surface area contributed by atoms with E-state index in [4.69, 9.17) is 5.73 Å². The van der Waals surface area contributed by atoms with Gasteiger partial charge in [0.25, 0.3) is 0 Å². The molecule has 0 unspecified atom stereocenters. The van der Waals surface area contributed by atoms with Gasteiger partial charge >= 0.3 is 0 Å². The number of hydrogen-bond donors (Lipinski definition) is 1. The van der Waals surface area contributed by atoms with Gasteiger partial charge in [-0.15, -0.1) is 12.4 Å². The van der Waals surface area contributed by atoms with E-state index in [-0.39, 0.29) is 12.4 Å². The van der Waals surface area contributed by atoms with Gasteiger partial charge in [-0.05, 0) is 13.0 Å². The smallest absolute Gasteiger partial charge is 0.160 e. The van der Waals surface area contributed by atoms with E-state index in [0.29, 0.717) is 6.54 Å². The first kappa shape index (κ1) is 16.1. The fourth-order valence-corrected chi connectivity index (χ4v) is 2.19.